The molecule has 0 spiro atoms. The molecule has 2 nitrogen and oxygen atoms in total. The normalized spacial score (nSPS) is 18.8. The molecule has 1 heterocycles. The number of halogens is 1. The van der Waals surface area contributed by atoms with Gasteiger partial charge in [0.15, 0.2) is 0 Å². The van der Waals surface area contributed by atoms with Crippen molar-refractivity contribution >= 4 is 0 Å². The SMILES string of the molecule is CC(C)c1ccc(C(C)(C)N2CCN(C)CC2)c(F)c1. The lowest BCUT2D eigenvalue weighted by Gasteiger charge is -2.43. The molecule has 3 heteroatoms. The summed E-state index contributed by atoms with van der Waals surface area (Å²) in [4.78, 5) is 4.71. The lowest BCUT2D eigenvalue weighted by Crippen LogP contribution is -2.52. The zero-order valence-corrected chi connectivity index (χ0v) is 13.4. The average molecular weight is 278 g/mol. The van der Waals surface area contributed by atoms with Crippen LogP contribution >= 0.6 is 0 Å². The summed E-state index contributed by atoms with van der Waals surface area (Å²) in [6, 6.07) is 5.75. The van der Waals surface area contributed by atoms with Gasteiger partial charge in [-0.25, -0.2) is 4.39 Å². The predicted octanol–water partition coefficient (Wildman–Crippen LogP) is 3.43. The van der Waals surface area contributed by atoms with E-state index in [4.69, 9.17) is 0 Å². The van der Waals surface area contributed by atoms with E-state index >= 15 is 0 Å². The van der Waals surface area contributed by atoms with Crippen LogP contribution in [-0.2, 0) is 5.54 Å². The Hall–Kier alpha value is -0.930. The molecule has 0 saturated carbocycles. The molecule has 0 atom stereocenters. The van der Waals surface area contributed by atoms with E-state index in [1.165, 1.54) is 0 Å². The monoisotopic (exact) mass is 278 g/mol. The summed E-state index contributed by atoms with van der Waals surface area (Å²) in [5, 5.41) is 0. The van der Waals surface area contributed by atoms with Gasteiger partial charge in [-0.3, -0.25) is 4.90 Å². The van der Waals surface area contributed by atoms with Crippen LogP contribution in [0.25, 0.3) is 0 Å². The zero-order chi connectivity index (χ0) is 14.9. The molecule has 0 unspecified atom stereocenters. The molecule has 2 rings (SSSR count). The Morgan fingerprint density at radius 2 is 1.70 bits per heavy atom. The summed E-state index contributed by atoms with van der Waals surface area (Å²) in [6.07, 6.45) is 0. The minimum Gasteiger partial charge on any atom is -0.304 e. The van der Waals surface area contributed by atoms with Crippen molar-refractivity contribution in [3.8, 4) is 0 Å². The maximum absolute atomic E-state index is 14.5. The molecule has 1 aliphatic heterocycles. The fourth-order valence-corrected chi connectivity index (χ4v) is 2.92. The minimum atomic E-state index is -0.249. The lowest BCUT2D eigenvalue weighted by molar-refractivity contribution is 0.0584. The molecule has 20 heavy (non-hydrogen) atoms. The third-order valence-corrected chi connectivity index (χ3v) is 4.61. The molecule has 0 aliphatic carbocycles. The Labute approximate surface area is 122 Å². The number of hydrogen-bond donors (Lipinski definition) is 0. The first kappa shape index (κ1) is 15.5. The van der Waals surface area contributed by atoms with Crippen LogP contribution in [0.15, 0.2) is 18.2 Å². The maximum atomic E-state index is 14.5. The van der Waals surface area contributed by atoms with Gasteiger partial charge in [-0.15, -0.1) is 0 Å². The second kappa shape index (κ2) is 5.82. The smallest absolute Gasteiger partial charge is 0.128 e. The topological polar surface area (TPSA) is 6.48 Å². The van der Waals surface area contributed by atoms with Crippen molar-refractivity contribution in [2.45, 2.75) is 39.2 Å². The summed E-state index contributed by atoms with van der Waals surface area (Å²) in [6.45, 7) is 12.5. The number of likely N-dealkylation sites (N-methyl/N-ethyl adjacent to an activating group) is 1. The summed E-state index contributed by atoms with van der Waals surface area (Å²) >= 11 is 0. The van der Waals surface area contributed by atoms with Crippen LogP contribution in [0.4, 0.5) is 4.39 Å². The second-order valence-electron chi connectivity index (χ2n) is 6.74. The molecule has 1 fully saturated rings. The summed E-state index contributed by atoms with van der Waals surface area (Å²) in [5.41, 5.74) is 1.63. The van der Waals surface area contributed by atoms with Gasteiger partial charge in [0.05, 0.1) is 0 Å². The van der Waals surface area contributed by atoms with E-state index in [0.29, 0.717) is 5.92 Å². The molecule has 1 aromatic rings. The van der Waals surface area contributed by atoms with E-state index in [1.54, 1.807) is 6.07 Å². The quantitative estimate of drug-likeness (QED) is 0.836. The second-order valence-corrected chi connectivity index (χ2v) is 6.74. The van der Waals surface area contributed by atoms with E-state index in [2.05, 4.69) is 50.6 Å². The van der Waals surface area contributed by atoms with Crippen LogP contribution in [0.1, 0.15) is 44.7 Å². The zero-order valence-electron chi connectivity index (χ0n) is 13.4. The van der Waals surface area contributed by atoms with Crippen molar-refractivity contribution in [3.05, 3.63) is 35.1 Å². The van der Waals surface area contributed by atoms with Crippen LogP contribution in [-0.4, -0.2) is 43.0 Å². The molecule has 0 radical (unpaired) electrons. The molecule has 112 valence electrons. The first-order valence-electron chi connectivity index (χ1n) is 7.56. The Kier molecular flexibility index (Phi) is 4.50. The highest BCUT2D eigenvalue weighted by Gasteiger charge is 2.32. The van der Waals surface area contributed by atoms with E-state index in [9.17, 15) is 4.39 Å². The standard InChI is InChI=1S/C17H27FN2/c1-13(2)14-6-7-15(16(18)12-14)17(3,4)20-10-8-19(5)9-11-20/h6-7,12-13H,8-11H2,1-5H3. The van der Waals surface area contributed by atoms with Crippen LogP contribution in [0.2, 0.25) is 0 Å². The van der Waals surface area contributed by atoms with E-state index in [0.717, 1.165) is 37.3 Å². The van der Waals surface area contributed by atoms with E-state index in [1.807, 2.05) is 6.07 Å². The molecule has 1 aromatic carbocycles. The van der Waals surface area contributed by atoms with Crippen LogP contribution in [0, 0.1) is 5.82 Å². The molecule has 1 aliphatic rings. The highest BCUT2D eigenvalue weighted by molar-refractivity contribution is 5.31. The predicted molar refractivity (Wildman–Crippen MR) is 82.6 cm³/mol. The van der Waals surface area contributed by atoms with Crippen LogP contribution < -0.4 is 0 Å². The number of hydrogen-bond acceptors (Lipinski definition) is 2. The number of benzene rings is 1. The first-order chi connectivity index (χ1) is 9.32. The van der Waals surface area contributed by atoms with Gasteiger partial charge in [-0.1, -0.05) is 26.0 Å². The van der Waals surface area contributed by atoms with Gasteiger partial charge < -0.3 is 4.90 Å². The van der Waals surface area contributed by atoms with Gasteiger partial charge in [0.2, 0.25) is 0 Å². The third kappa shape index (κ3) is 3.04. The lowest BCUT2D eigenvalue weighted by atomic mass is 9.89. The summed E-state index contributed by atoms with van der Waals surface area (Å²) in [5.74, 6) is 0.297. The Morgan fingerprint density at radius 3 is 2.20 bits per heavy atom. The van der Waals surface area contributed by atoms with Gasteiger partial charge in [0.25, 0.3) is 0 Å². The number of rotatable bonds is 3. The molecule has 0 amide bonds. The van der Waals surface area contributed by atoms with Crippen molar-refractivity contribution in [3.63, 3.8) is 0 Å². The molecular weight excluding hydrogens is 251 g/mol. The van der Waals surface area contributed by atoms with Gasteiger partial charge >= 0.3 is 0 Å². The molecule has 0 bridgehead atoms. The van der Waals surface area contributed by atoms with Gasteiger partial charge in [0, 0.05) is 37.3 Å². The van der Waals surface area contributed by atoms with E-state index in [-0.39, 0.29) is 11.4 Å². The Balaban J connectivity index is 2.25. The van der Waals surface area contributed by atoms with Gasteiger partial charge in [-0.05, 0) is 38.4 Å². The Bertz CT molecular complexity index is 460. The average Bonchev–Trinajstić information content (AvgIpc) is 2.38. The molecule has 1 saturated heterocycles. The number of nitrogens with zero attached hydrogens (tertiary/aromatic N) is 2. The number of piperazine rings is 1. The highest BCUT2D eigenvalue weighted by atomic mass is 19.1. The highest BCUT2D eigenvalue weighted by Crippen LogP contribution is 2.32. The first-order valence-corrected chi connectivity index (χ1v) is 7.56. The largest absolute Gasteiger partial charge is 0.304 e. The maximum Gasteiger partial charge on any atom is 0.128 e. The summed E-state index contributed by atoms with van der Waals surface area (Å²) in [7, 11) is 2.14. The fraction of sp³-hybridized carbons (Fsp3) is 0.647. The third-order valence-electron chi connectivity index (χ3n) is 4.61. The van der Waals surface area contributed by atoms with Crippen molar-refractivity contribution < 1.29 is 4.39 Å². The van der Waals surface area contributed by atoms with Crippen LogP contribution in [0.3, 0.4) is 0 Å². The molecule has 0 N–H and O–H groups in total. The van der Waals surface area contributed by atoms with Crippen molar-refractivity contribution in [1.29, 1.82) is 0 Å². The van der Waals surface area contributed by atoms with Crippen molar-refractivity contribution in [2.24, 2.45) is 0 Å². The fourth-order valence-electron chi connectivity index (χ4n) is 2.92. The van der Waals surface area contributed by atoms with Gasteiger partial charge in [0.1, 0.15) is 5.82 Å². The van der Waals surface area contributed by atoms with Crippen LogP contribution in [0.5, 0.6) is 0 Å². The van der Waals surface area contributed by atoms with Gasteiger partial charge in [-0.2, -0.15) is 0 Å². The Morgan fingerprint density at radius 1 is 1.10 bits per heavy atom. The summed E-state index contributed by atoms with van der Waals surface area (Å²) < 4.78 is 14.5. The molecule has 0 aromatic heterocycles. The van der Waals surface area contributed by atoms with E-state index < -0.39 is 0 Å². The van der Waals surface area contributed by atoms with Crippen molar-refractivity contribution in [1.82, 2.24) is 9.80 Å². The molecular formula is C17H27FN2. The minimum absolute atomic E-state index is 0.0693. The van der Waals surface area contributed by atoms with Crippen molar-refractivity contribution in [2.75, 3.05) is 33.2 Å².